The molecule has 0 radical (unpaired) electrons. The minimum Gasteiger partial charge on any atom is -0.458 e. The fourth-order valence-corrected chi connectivity index (χ4v) is 3.45. The maximum atomic E-state index is 12.1. The highest BCUT2D eigenvalue weighted by Crippen LogP contribution is 2.16. The number of thioether (sulfide) groups is 1. The molecule has 0 atom stereocenters. The van der Waals surface area contributed by atoms with Gasteiger partial charge >= 0.3 is 5.97 Å². The van der Waals surface area contributed by atoms with Crippen molar-refractivity contribution in [2.24, 2.45) is 5.16 Å². The topological polar surface area (TPSA) is 60.4 Å². The summed E-state index contributed by atoms with van der Waals surface area (Å²) < 4.78 is 10.7. The van der Waals surface area contributed by atoms with E-state index >= 15 is 0 Å². The number of nitrogens with zero attached hydrogens (tertiary/aromatic N) is 2. The van der Waals surface area contributed by atoms with Crippen molar-refractivity contribution in [3.05, 3.63) is 71.8 Å². The van der Waals surface area contributed by atoms with Crippen molar-refractivity contribution >= 4 is 29.5 Å². The van der Waals surface area contributed by atoms with Gasteiger partial charge in [-0.1, -0.05) is 54.2 Å². The Hall–Kier alpha value is -2.61. The molecule has 164 valence electrons. The number of rotatable bonds is 10. The van der Waals surface area contributed by atoms with Crippen LogP contribution in [0.15, 0.2) is 65.2 Å². The first-order chi connectivity index (χ1) is 15.2. The lowest BCUT2D eigenvalue weighted by Crippen LogP contribution is -2.39. The van der Waals surface area contributed by atoms with Gasteiger partial charge in [0.25, 0.3) is 0 Å². The summed E-state index contributed by atoms with van der Waals surface area (Å²) >= 11 is 1.69. The van der Waals surface area contributed by atoms with Gasteiger partial charge in [-0.05, 0) is 29.5 Å². The van der Waals surface area contributed by atoms with E-state index in [4.69, 9.17) is 14.3 Å². The zero-order valence-electron chi connectivity index (χ0n) is 17.8. The largest absolute Gasteiger partial charge is 0.458 e. The van der Waals surface area contributed by atoms with E-state index in [1.807, 2.05) is 42.7 Å². The third-order valence-corrected chi connectivity index (χ3v) is 5.62. The highest BCUT2D eigenvalue weighted by atomic mass is 32.2. The first-order valence-corrected chi connectivity index (χ1v) is 11.4. The lowest BCUT2D eigenvalue weighted by Gasteiger charge is -2.26. The number of hydrogen-bond acceptors (Lipinski definition) is 7. The number of carbonyl (C=O) groups is 1. The van der Waals surface area contributed by atoms with Crippen LogP contribution in [0.25, 0.3) is 6.08 Å². The molecule has 0 bridgehead atoms. The average Bonchev–Trinajstić information content (AvgIpc) is 2.83. The van der Waals surface area contributed by atoms with Crippen LogP contribution in [-0.2, 0) is 25.7 Å². The third-order valence-electron chi connectivity index (χ3n) is 4.87. The molecule has 2 aromatic carbocycles. The molecule has 0 unspecified atom stereocenters. The van der Waals surface area contributed by atoms with Gasteiger partial charge in [0.1, 0.15) is 12.3 Å². The van der Waals surface area contributed by atoms with Crippen molar-refractivity contribution in [3.63, 3.8) is 0 Å². The van der Waals surface area contributed by atoms with E-state index < -0.39 is 5.97 Å². The Morgan fingerprint density at radius 2 is 1.87 bits per heavy atom. The first kappa shape index (κ1) is 23.1. The first-order valence-electron chi connectivity index (χ1n) is 10.2. The van der Waals surface area contributed by atoms with Crippen LogP contribution >= 0.6 is 11.8 Å². The molecule has 7 heteroatoms. The predicted octanol–water partition coefficient (Wildman–Crippen LogP) is 3.85. The van der Waals surface area contributed by atoms with Crippen molar-refractivity contribution in [2.75, 3.05) is 45.7 Å². The molecule has 2 aromatic rings. The third kappa shape index (κ3) is 7.54. The molecule has 0 N–H and O–H groups in total. The molecule has 1 heterocycles. The van der Waals surface area contributed by atoms with Crippen LogP contribution in [0.1, 0.15) is 16.7 Å². The number of morpholine rings is 1. The second kappa shape index (κ2) is 12.3. The average molecular weight is 441 g/mol. The fraction of sp³-hybridized carbons (Fsp3) is 0.333. The normalized spacial score (nSPS) is 14.8. The van der Waals surface area contributed by atoms with Gasteiger partial charge < -0.3 is 14.3 Å². The number of ether oxygens (including phenoxy) is 2. The Labute approximate surface area is 187 Å². The Balaban J connectivity index is 1.56. The standard InChI is InChI=1S/C24H28N2O4S/c1-3-19-4-6-20(7-5-19)17-29-24(27)18-30-25-23(16-26-12-14-28-15-13-26)21-8-10-22(31-2)11-9-21/h3-11H,1,12-18H2,2H3. The molecule has 0 aromatic heterocycles. The predicted molar refractivity (Wildman–Crippen MR) is 124 cm³/mol. The molecule has 3 rings (SSSR count). The van der Waals surface area contributed by atoms with Gasteiger partial charge in [-0.2, -0.15) is 0 Å². The summed E-state index contributed by atoms with van der Waals surface area (Å²) in [6.45, 7) is 7.42. The van der Waals surface area contributed by atoms with Gasteiger partial charge in [0.2, 0.25) is 6.61 Å². The van der Waals surface area contributed by atoms with E-state index in [0.29, 0.717) is 19.8 Å². The minimum absolute atomic E-state index is 0.195. The molecular weight excluding hydrogens is 412 g/mol. The van der Waals surface area contributed by atoms with Crippen molar-refractivity contribution in [3.8, 4) is 0 Å². The maximum absolute atomic E-state index is 12.1. The van der Waals surface area contributed by atoms with Gasteiger partial charge in [-0.25, -0.2) is 4.79 Å². The summed E-state index contributed by atoms with van der Waals surface area (Å²) in [5.41, 5.74) is 3.68. The van der Waals surface area contributed by atoms with Crippen molar-refractivity contribution in [1.29, 1.82) is 0 Å². The molecule has 1 saturated heterocycles. The quantitative estimate of drug-likeness (QED) is 0.242. The van der Waals surface area contributed by atoms with E-state index in [-0.39, 0.29) is 13.2 Å². The number of oxime groups is 1. The SMILES string of the molecule is C=Cc1ccc(COC(=O)CON=C(CN2CCOCC2)c2ccc(SC)cc2)cc1. The summed E-state index contributed by atoms with van der Waals surface area (Å²) in [6.07, 6.45) is 3.81. The van der Waals surface area contributed by atoms with Crippen molar-refractivity contribution < 1.29 is 19.1 Å². The highest BCUT2D eigenvalue weighted by molar-refractivity contribution is 7.98. The Bertz CT molecular complexity index is 875. The lowest BCUT2D eigenvalue weighted by atomic mass is 10.1. The van der Waals surface area contributed by atoms with Crippen LogP contribution in [0.2, 0.25) is 0 Å². The Morgan fingerprint density at radius 3 is 2.52 bits per heavy atom. The molecule has 0 spiro atoms. The zero-order chi connectivity index (χ0) is 21.9. The summed E-state index contributed by atoms with van der Waals surface area (Å²) in [5.74, 6) is -0.458. The van der Waals surface area contributed by atoms with E-state index in [1.165, 1.54) is 4.90 Å². The Kier molecular flexibility index (Phi) is 9.15. The molecule has 6 nitrogen and oxygen atoms in total. The monoisotopic (exact) mass is 440 g/mol. The van der Waals surface area contributed by atoms with Crippen LogP contribution in [0.3, 0.4) is 0 Å². The van der Waals surface area contributed by atoms with Crippen LogP contribution in [0, 0.1) is 0 Å². The van der Waals surface area contributed by atoms with Gasteiger partial charge in [-0.3, -0.25) is 4.90 Å². The summed E-state index contributed by atoms with van der Waals surface area (Å²) in [5, 5.41) is 4.28. The number of hydrogen-bond donors (Lipinski definition) is 0. The number of esters is 1. The van der Waals surface area contributed by atoms with Crippen LogP contribution in [-0.4, -0.2) is 62.3 Å². The zero-order valence-corrected chi connectivity index (χ0v) is 18.6. The van der Waals surface area contributed by atoms with E-state index in [9.17, 15) is 4.79 Å². The highest BCUT2D eigenvalue weighted by Gasteiger charge is 2.15. The van der Waals surface area contributed by atoms with E-state index in [2.05, 4.69) is 28.8 Å². The van der Waals surface area contributed by atoms with Crippen molar-refractivity contribution in [2.45, 2.75) is 11.5 Å². The molecule has 0 aliphatic carbocycles. The van der Waals surface area contributed by atoms with Gasteiger partial charge in [0.05, 0.1) is 13.2 Å². The summed E-state index contributed by atoms with van der Waals surface area (Å²) in [7, 11) is 0. The fourth-order valence-electron chi connectivity index (χ4n) is 3.05. The second-order valence-electron chi connectivity index (χ2n) is 7.03. The molecule has 1 aliphatic heterocycles. The van der Waals surface area contributed by atoms with Gasteiger partial charge in [-0.15, -0.1) is 11.8 Å². The van der Waals surface area contributed by atoms with Gasteiger partial charge in [0.15, 0.2) is 0 Å². The van der Waals surface area contributed by atoms with E-state index in [1.54, 1.807) is 17.8 Å². The summed E-state index contributed by atoms with van der Waals surface area (Å²) in [4.78, 5) is 20.9. The van der Waals surface area contributed by atoms with Crippen LogP contribution in [0.4, 0.5) is 0 Å². The summed E-state index contributed by atoms with van der Waals surface area (Å²) in [6, 6.07) is 15.8. The number of carbonyl (C=O) groups excluding carboxylic acids is 1. The van der Waals surface area contributed by atoms with Gasteiger partial charge in [0, 0.05) is 30.1 Å². The van der Waals surface area contributed by atoms with Crippen LogP contribution < -0.4 is 0 Å². The smallest absolute Gasteiger partial charge is 0.347 e. The Morgan fingerprint density at radius 1 is 1.16 bits per heavy atom. The molecule has 1 aliphatic rings. The molecule has 0 amide bonds. The molecule has 0 saturated carbocycles. The maximum Gasteiger partial charge on any atom is 0.347 e. The van der Waals surface area contributed by atoms with Crippen molar-refractivity contribution in [1.82, 2.24) is 4.90 Å². The number of benzene rings is 2. The molecule has 31 heavy (non-hydrogen) atoms. The molecular formula is C24H28N2O4S. The minimum atomic E-state index is -0.458. The molecule has 1 fully saturated rings. The van der Waals surface area contributed by atoms with E-state index in [0.717, 1.165) is 35.5 Å². The lowest BCUT2D eigenvalue weighted by molar-refractivity contribution is -0.150. The van der Waals surface area contributed by atoms with Crippen LogP contribution in [0.5, 0.6) is 0 Å². The second-order valence-corrected chi connectivity index (χ2v) is 7.91.